The molecule has 2 unspecified atom stereocenters. The fourth-order valence-corrected chi connectivity index (χ4v) is 1.75. The molecule has 2 nitrogen and oxygen atoms in total. The van der Waals surface area contributed by atoms with Crippen molar-refractivity contribution in [1.82, 2.24) is 10.2 Å². The largest absolute Gasteiger partial charge is 0.313 e. The van der Waals surface area contributed by atoms with Crippen LogP contribution in [-0.2, 0) is 0 Å². The number of hydrogen-bond acceptors (Lipinski definition) is 2. The Balaban J connectivity index is 2.46. The van der Waals surface area contributed by atoms with Gasteiger partial charge in [-0.1, -0.05) is 0 Å². The molecule has 0 aromatic carbocycles. The lowest BCUT2D eigenvalue weighted by Crippen LogP contribution is -2.41. The van der Waals surface area contributed by atoms with Crippen molar-refractivity contribution < 1.29 is 8.78 Å². The summed E-state index contributed by atoms with van der Waals surface area (Å²) in [7, 11) is 0. The molecule has 4 heteroatoms. The molecule has 1 saturated heterocycles. The second kappa shape index (κ2) is 4.86. The van der Waals surface area contributed by atoms with E-state index in [9.17, 15) is 8.78 Å². The molecule has 78 valence electrons. The van der Waals surface area contributed by atoms with Gasteiger partial charge in [-0.05, 0) is 26.8 Å². The molecule has 0 radical (unpaired) electrons. The molecule has 1 aliphatic heterocycles. The van der Waals surface area contributed by atoms with Crippen molar-refractivity contribution in [3.63, 3.8) is 0 Å². The smallest absolute Gasteiger partial charge is 0.251 e. The van der Waals surface area contributed by atoms with Gasteiger partial charge in [0.2, 0.25) is 0 Å². The Morgan fingerprint density at radius 3 is 2.77 bits per heavy atom. The maximum absolute atomic E-state index is 12.2. The summed E-state index contributed by atoms with van der Waals surface area (Å²) >= 11 is 0. The number of rotatable bonds is 2. The normalized spacial score (nSPS) is 32.1. The van der Waals surface area contributed by atoms with Crippen molar-refractivity contribution in [2.24, 2.45) is 0 Å². The van der Waals surface area contributed by atoms with E-state index in [0.717, 1.165) is 19.5 Å². The van der Waals surface area contributed by atoms with E-state index in [-0.39, 0.29) is 12.6 Å². The summed E-state index contributed by atoms with van der Waals surface area (Å²) in [4.78, 5) is 1.87. The molecule has 0 aromatic rings. The Morgan fingerprint density at radius 2 is 2.15 bits per heavy atom. The van der Waals surface area contributed by atoms with Gasteiger partial charge in [0.25, 0.3) is 6.43 Å². The number of alkyl halides is 2. The third-order valence-corrected chi connectivity index (χ3v) is 2.56. The highest BCUT2D eigenvalue weighted by atomic mass is 19.3. The quantitative estimate of drug-likeness (QED) is 0.710. The van der Waals surface area contributed by atoms with Crippen LogP contribution in [0.5, 0.6) is 0 Å². The van der Waals surface area contributed by atoms with Gasteiger partial charge >= 0.3 is 0 Å². The first-order valence-electron chi connectivity index (χ1n) is 4.85. The molecule has 1 rings (SSSR count). The van der Waals surface area contributed by atoms with Gasteiger partial charge in [-0.2, -0.15) is 0 Å². The van der Waals surface area contributed by atoms with E-state index >= 15 is 0 Å². The van der Waals surface area contributed by atoms with Crippen LogP contribution in [0.1, 0.15) is 20.3 Å². The zero-order chi connectivity index (χ0) is 9.84. The van der Waals surface area contributed by atoms with Crippen molar-refractivity contribution >= 4 is 0 Å². The fourth-order valence-electron chi connectivity index (χ4n) is 1.75. The monoisotopic (exact) mass is 192 g/mol. The molecule has 2 atom stereocenters. The molecule has 0 aliphatic carbocycles. The Kier molecular flexibility index (Phi) is 4.06. The first kappa shape index (κ1) is 10.9. The third kappa shape index (κ3) is 3.56. The van der Waals surface area contributed by atoms with Crippen LogP contribution in [0.15, 0.2) is 0 Å². The third-order valence-electron chi connectivity index (χ3n) is 2.56. The van der Waals surface area contributed by atoms with Gasteiger partial charge in [-0.15, -0.1) is 0 Å². The average Bonchev–Trinajstić information content (AvgIpc) is 2.14. The number of nitrogens with zero attached hydrogens (tertiary/aromatic N) is 1. The topological polar surface area (TPSA) is 15.3 Å². The van der Waals surface area contributed by atoms with E-state index < -0.39 is 6.43 Å². The van der Waals surface area contributed by atoms with Gasteiger partial charge in [0, 0.05) is 18.6 Å². The second-order valence-electron chi connectivity index (χ2n) is 3.84. The maximum atomic E-state index is 12.2. The van der Waals surface area contributed by atoms with Gasteiger partial charge in [-0.25, -0.2) is 8.78 Å². The van der Waals surface area contributed by atoms with Gasteiger partial charge < -0.3 is 5.32 Å². The summed E-state index contributed by atoms with van der Waals surface area (Å²) in [6.45, 7) is 5.62. The second-order valence-corrected chi connectivity index (χ2v) is 3.84. The minimum absolute atomic E-state index is 0.0901. The van der Waals surface area contributed by atoms with Crippen LogP contribution in [0.4, 0.5) is 8.78 Å². The Hall–Kier alpha value is -0.220. The highest BCUT2D eigenvalue weighted by Gasteiger charge is 2.22. The van der Waals surface area contributed by atoms with Crippen molar-refractivity contribution in [2.45, 2.75) is 38.8 Å². The van der Waals surface area contributed by atoms with Crippen LogP contribution >= 0.6 is 0 Å². The summed E-state index contributed by atoms with van der Waals surface area (Å²) in [6.07, 6.45) is -1.26. The van der Waals surface area contributed by atoms with Gasteiger partial charge in [0.1, 0.15) is 0 Å². The first-order valence-corrected chi connectivity index (χ1v) is 4.85. The minimum atomic E-state index is -2.22. The molecule has 0 bridgehead atoms. The zero-order valence-corrected chi connectivity index (χ0v) is 8.26. The Labute approximate surface area is 78.3 Å². The molecule has 0 aromatic heterocycles. The van der Waals surface area contributed by atoms with Crippen LogP contribution in [0.2, 0.25) is 0 Å². The molecule has 1 aliphatic rings. The van der Waals surface area contributed by atoms with Crippen molar-refractivity contribution in [3.8, 4) is 0 Å². The van der Waals surface area contributed by atoms with E-state index in [1.807, 2.05) is 18.7 Å². The van der Waals surface area contributed by atoms with E-state index in [1.54, 1.807) is 0 Å². The predicted molar refractivity (Wildman–Crippen MR) is 49.1 cm³/mol. The minimum Gasteiger partial charge on any atom is -0.313 e. The lowest BCUT2D eigenvalue weighted by molar-refractivity contribution is 0.0693. The van der Waals surface area contributed by atoms with Gasteiger partial charge in [0.15, 0.2) is 0 Å². The molecule has 0 saturated carbocycles. The van der Waals surface area contributed by atoms with E-state index in [2.05, 4.69) is 5.32 Å². The molecule has 0 spiro atoms. The number of hydrogen-bond donors (Lipinski definition) is 1. The van der Waals surface area contributed by atoms with Crippen LogP contribution in [0, 0.1) is 0 Å². The summed E-state index contributed by atoms with van der Waals surface area (Å²) in [5.74, 6) is 0. The van der Waals surface area contributed by atoms with Crippen molar-refractivity contribution in [3.05, 3.63) is 0 Å². The summed E-state index contributed by atoms with van der Waals surface area (Å²) in [5, 5.41) is 3.29. The predicted octanol–water partition coefficient (Wildman–Crippen LogP) is 1.32. The molecular weight excluding hydrogens is 174 g/mol. The first-order chi connectivity index (χ1) is 6.09. The summed E-state index contributed by atoms with van der Waals surface area (Å²) in [5.41, 5.74) is 0. The zero-order valence-electron chi connectivity index (χ0n) is 8.26. The van der Waals surface area contributed by atoms with E-state index in [1.165, 1.54) is 0 Å². The molecule has 1 N–H and O–H groups in total. The molecule has 13 heavy (non-hydrogen) atoms. The van der Waals surface area contributed by atoms with Crippen LogP contribution in [0.3, 0.4) is 0 Å². The van der Waals surface area contributed by atoms with Crippen LogP contribution in [-0.4, -0.2) is 43.0 Å². The van der Waals surface area contributed by atoms with E-state index in [4.69, 9.17) is 0 Å². The number of halogens is 2. The molecular formula is C9H18F2N2. The van der Waals surface area contributed by atoms with Crippen LogP contribution < -0.4 is 5.32 Å². The number of nitrogens with one attached hydrogen (secondary N) is 1. The fraction of sp³-hybridized carbons (Fsp3) is 1.00. The highest BCUT2D eigenvalue weighted by molar-refractivity contribution is 4.78. The van der Waals surface area contributed by atoms with Crippen LogP contribution in [0.25, 0.3) is 0 Å². The molecule has 1 heterocycles. The average molecular weight is 192 g/mol. The lowest BCUT2D eigenvalue weighted by atomic mass is 10.2. The lowest BCUT2D eigenvalue weighted by Gasteiger charge is -2.27. The van der Waals surface area contributed by atoms with Crippen molar-refractivity contribution in [2.75, 3.05) is 19.6 Å². The van der Waals surface area contributed by atoms with Gasteiger partial charge in [0.05, 0.1) is 6.54 Å². The Bertz CT molecular complexity index is 153. The highest BCUT2D eigenvalue weighted by Crippen LogP contribution is 2.10. The maximum Gasteiger partial charge on any atom is 0.251 e. The molecule has 1 fully saturated rings. The van der Waals surface area contributed by atoms with E-state index in [0.29, 0.717) is 6.04 Å². The summed E-state index contributed by atoms with van der Waals surface area (Å²) in [6, 6.07) is 0.593. The summed E-state index contributed by atoms with van der Waals surface area (Å²) < 4.78 is 24.4. The SMILES string of the molecule is CC1CN(CC(F)F)C(C)CCN1. The standard InChI is InChI=1S/C9H18F2N2/c1-7-5-13(6-9(10)11)8(2)3-4-12-7/h7-9,12H,3-6H2,1-2H3. The molecule has 0 amide bonds. The Morgan fingerprint density at radius 1 is 1.46 bits per heavy atom. The van der Waals surface area contributed by atoms with Gasteiger partial charge in [-0.3, -0.25) is 4.90 Å². The van der Waals surface area contributed by atoms with Crippen molar-refractivity contribution in [1.29, 1.82) is 0 Å².